The Morgan fingerprint density at radius 3 is 2.52 bits per heavy atom. The second-order valence-corrected chi connectivity index (χ2v) is 7.62. The first-order chi connectivity index (χ1) is 13.0. The number of aryl methyl sites for hydroxylation is 2. The Morgan fingerprint density at radius 2 is 1.85 bits per heavy atom. The van der Waals surface area contributed by atoms with Crippen LogP contribution in [0.2, 0.25) is 5.02 Å². The summed E-state index contributed by atoms with van der Waals surface area (Å²) in [5, 5.41) is 16.2. The number of nitrogens with one attached hydrogen (secondary N) is 1. The minimum atomic E-state index is -0.107. The Hall–Kier alpha value is -2.38. The number of hydrogen-bond acceptors (Lipinski definition) is 5. The van der Waals surface area contributed by atoms with Gasteiger partial charge in [0, 0.05) is 5.02 Å². The lowest BCUT2D eigenvalue weighted by molar-refractivity contribution is -0.119. The molecule has 1 atom stereocenters. The lowest BCUT2D eigenvalue weighted by Gasteiger charge is -2.14. The van der Waals surface area contributed by atoms with Gasteiger partial charge in [-0.25, -0.2) is 0 Å². The maximum atomic E-state index is 12.3. The van der Waals surface area contributed by atoms with Gasteiger partial charge in [-0.2, -0.15) is 4.68 Å². The van der Waals surface area contributed by atoms with Crippen molar-refractivity contribution in [1.82, 2.24) is 25.5 Å². The Morgan fingerprint density at radius 1 is 1.19 bits per heavy atom. The first-order valence-electron chi connectivity index (χ1n) is 8.48. The van der Waals surface area contributed by atoms with Gasteiger partial charge in [0.2, 0.25) is 11.1 Å². The number of carbonyl (C=O) groups excluding carboxylic acids is 1. The molecule has 140 valence electrons. The molecule has 6 nitrogen and oxygen atoms in total. The maximum Gasteiger partial charge on any atom is 0.230 e. The predicted molar refractivity (Wildman–Crippen MR) is 107 cm³/mol. The highest BCUT2D eigenvalue weighted by molar-refractivity contribution is 7.99. The van der Waals surface area contributed by atoms with Gasteiger partial charge in [-0.1, -0.05) is 53.7 Å². The molecule has 0 spiro atoms. The normalized spacial score (nSPS) is 12.0. The van der Waals surface area contributed by atoms with E-state index in [1.165, 1.54) is 11.8 Å². The van der Waals surface area contributed by atoms with Crippen LogP contribution in [-0.2, 0) is 4.79 Å². The van der Waals surface area contributed by atoms with Gasteiger partial charge in [-0.15, -0.1) is 5.10 Å². The van der Waals surface area contributed by atoms with Crippen molar-refractivity contribution in [1.29, 1.82) is 0 Å². The molecular weight excluding hydrogens is 382 g/mol. The Balaban J connectivity index is 1.65. The van der Waals surface area contributed by atoms with Crippen LogP contribution in [0.5, 0.6) is 0 Å². The number of carbonyl (C=O) groups is 1. The fourth-order valence-electron chi connectivity index (χ4n) is 2.80. The van der Waals surface area contributed by atoms with Gasteiger partial charge in [0.15, 0.2) is 0 Å². The Bertz CT molecular complexity index is 921. The van der Waals surface area contributed by atoms with Crippen molar-refractivity contribution >= 4 is 29.3 Å². The number of amides is 1. The summed E-state index contributed by atoms with van der Waals surface area (Å²) in [5.41, 5.74) is 4.09. The summed E-state index contributed by atoms with van der Waals surface area (Å²) in [4.78, 5) is 12.3. The minimum absolute atomic E-state index is 0.0847. The molecule has 0 aliphatic heterocycles. The van der Waals surface area contributed by atoms with Crippen molar-refractivity contribution < 1.29 is 4.79 Å². The molecule has 0 saturated heterocycles. The number of thioether (sulfide) groups is 1. The van der Waals surface area contributed by atoms with Gasteiger partial charge < -0.3 is 5.32 Å². The largest absolute Gasteiger partial charge is 0.349 e. The fraction of sp³-hybridized carbons (Fsp3) is 0.263. The molecule has 1 heterocycles. The lowest BCUT2D eigenvalue weighted by atomic mass is 10.1. The summed E-state index contributed by atoms with van der Waals surface area (Å²) >= 11 is 7.21. The van der Waals surface area contributed by atoms with Crippen molar-refractivity contribution in [3.05, 3.63) is 64.2 Å². The maximum absolute atomic E-state index is 12.3. The third-order valence-corrected chi connectivity index (χ3v) is 5.34. The molecule has 1 amide bonds. The molecule has 0 fully saturated rings. The summed E-state index contributed by atoms with van der Waals surface area (Å²) in [5.74, 6) is 0.141. The number of benzene rings is 2. The average molecular weight is 402 g/mol. The molecule has 1 aromatic heterocycles. The summed E-state index contributed by atoms with van der Waals surface area (Å²) < 4.78 is 1.69. The van der Waals surface area contributed by atoms with Crippen molar-refractivity contribution in [3.8, 4) is 5.69 Å². The highest BCUT2D eigenvalue weighted by Crippen LogP contribution is 2.23. The zero-order valence-corrected chi connectivity index (χ0v) is 16.9. The Labute approximate surface area is 167 Å². The molecule has 0 aliphatic carbocycles. The smallest absolute Gasteiger partial charge is 0.230 e. The zero-order chi connectivity index (χ0) is 19.4. The summed E-state index contributed by atoms with van der Waals surface area (Å²) in [6.07, 6.45) is 0. The first kappa shape index (κ1) is 19.4. The molecule has 0 bridgehead atoms. The third kappa shape index (κ3) is 4.67. The molecule has 0 radical (unpaired) electrons. The van der Waals surface area contributed by atoms with Gasteiger partial charge in [0.25, 0.3) is 0 Å². The third-order valence-electron chi connectivity index (χ3n) is 4.17. The number of nitrogens with zero attached hydrogens (tertiary/aromatic N) is 4. The molecule has 0 saturated carbocycles. The topological polar surface area (TPSA) is 72.7 Å². The van der Waals surface area contributed by atoms with E-state index >= 15 is 0 Å². The second-order valence-electron chi connectivity index (χ2n) is 6.24. The molecule has 27 heavy (non-hydrogen) atoms. The quantitative estimate of drug-likeness (QED) is 0.634. The molecule has 2 aromatic carbocycles. The highest BCUT2D eigenvalue weighted by atomic mass is 35.5. The Kier molecular flexibility index (Phi) is 6.13. The van der Waals surface area contributed by atoms with E-state index in [1.807, 2.05) is 63.2 Å². The number of hydrogen-bond donors (Lipinski definition) is 1. The van der Waals surface area contributed by atoms with Crippen LogP contribution >= 0.6 is 23.4 Å². The van der Waals surface area contributed by atoms with Crippen LogP contribution in [0, 0.1) is 13.8 Å². The van der Waals surface area contributed by atoms with E-state index in [0.717, 1.165) is 22.4 Å². The van der Waals surface area contributed by atoms with Crippen LogP contribution in [0.4, 0.5) is 0 Å². The standard InChI is InChI=1S/C19H20ClN5OS/c1-12-5-4-6-13(2)18(12)25-19(22-23-24-25)27-11-17(26)21-14(3)15-7-9-16(20)10-8-15/h4-10,14H,11H2,1-3H3,(H,21,26). The van der Waals surface area contributed by atoms with E-state index in [0.29, 0.717) is 10.2 Å². The van der Waals surface area contributed by atoms with Gasteiger partial charge in [0.05, 0.1) is 17.5 Å². The predicted octanol–water partition coefficient (Wildman–Crippen LogP) is 3.90. The minimum Gasteiger partial charge on any atom is -0.349 e. The molecule has 8 heteroatoms. The van der Waals surface area contributed by atoms with Gasteiger partial charge in [-0.3, -0.25) is 4.79 Å². The van der Waals surface area contributed by atoms with E-state index < -0.39 is 0 Å². The zero-order valence-electron chi connectivity index (χ0n) is 15.3. The van der Waals surface area contributed by atoms with Crippen LogP contribution in [0.25, 0.3) is 5.69 Å². The van der Waals surface area contributed by atoms with Crippen LogP contribution in [0.1, 0.15) is 29.7 Å². The summed E-state index contributed by atoms with van der Waals surface area (Å²) in [6.45, 7) is 5.96. The van der Waals surface area contributed by atoms with E-state index in [9.17, 15) is 4.79 Å². The monoisotopic (exact) mass is 401 g/mol. The van der Waals surface area contributed by atoms with Crippen molar-refractivity contribution in [3.63, 3.8) is 0 Å². The van der Waals surface area contributed by atoms with Crippen molar-refractivity contribution in [2.75, 3.05) is 5.75 Å². The number of halogens is 1. The number of rotatable bonds is 6. The molecular formula is C19H20ClN5OS. The van der Waals surface area contributed by atoms with E-state index in [1.54, 1.807) is 4.68 Å². The lowest BCUT2D eigenvalue weighted by Crippen LogP contribution is -2.28. The van der Waals surface area contributed by atoms with Crippen LogP contribution in [-0.4, -0.2) is 31.9 Å². The number of para-hydroxylation sites is 1. The number of aromatic nitrogens is 4. The molecule has 3 aromatic rings. The van der Waals surface area contributed by atoms with E-state index in [4.69, 9.17) is 11.6 Å². The summed E-state index contributed by atoms with van der Waals surface area (Å²) in [6, 6.07) is 13.4. The highest BCUT2D eigenvalue weighted by Gasteiger charge is 2.16. The van der Waals surface area contributed by atoms with Crippen LogP contribution in [0.3, 0.4) is 0 Å². The second kappa shape index (κ2) is 8.54. The van der Waals surface area contributed by atoms with Gasteiger partial charge in [-0.05, 0) is 60.0 Å². The SMILES string of the molecule is Cc1cccc(C)c1-n1nnnc1SCC(=O)NC(C)c1ccc(Cl)cc1. The molecule has 1 unspecified atom stereocenters. The summed E-state index contributed by atoms with van der Waals surface area (Å²) in [7, 11) is 0. The van der Waals surface area contributed by atoms with Gasteiger partial charge >= 0.3 is 0 Å². The van der Waals surface area contributed by atoms with Crippen LogP contribution < -0.4 is 5.32 Å². The first-order valence-corrected chi connectivity index (χ1v) is 9.84. The van der Waals surface area contributed by atoms with Gasteiger partial charge in [0.1, 0.15) is 0 Å². The number of tetrazole rings is 1. The van der Waals surface area contributed by atoms with Crippen LogP contribution in [0.15, 0.2) is 47.6 Å². The molecule has 0 aliphatic rings. The van der Waals surface area contributed by atoms with E-state index in [-0.39, 0.29) is 17.7 Å². The molecule has 3 rings (SSSR count). The fourth-order valence-corrected chi connectivity index (χ4v) is 3.61. The van der Waals surface area contributed by atoms with E-state index in [2.05, 4.69) is 20.8 Å². The molecule has 1 N–H and O–H groups in total. The average Bonchev–Trinajstić information content (AvgIpc) is 3.08. The van der Waals surface area contributed by atoms with Crippen molar-refractivity contribution in [2.24, 2.45) is 0 Å². The van der Waals surface area contributed by atoms with Crippen molar-refractivity contribution in [2.45, 2.75) is 32.0 Å².